The van der Waals surface area contributed by atoms with Crippen molar-refractivity contribution in [2.75, 3.05) is 6.54 Å². The first-order valence-corrected chi connectivity index (χ1v) is 4.55. The van der Waals surface area contributed by atoms with E-state index >= 15 is 0 Å². The zero-order chi connectivity index (χ0) is 9.10. The van der Waals surface area contributed by atoms with Gasteiger partial charge in [0.15, 0.2) is 0 Å². The summed E-state index contributed by atoms with van der Waals surface area (Å²) in [5, 5.41) is 3.13. The monoisotopic (exact) mass is 177 g/mol. The zero-order valence-corrected chi connectivity index (χ0v) is 7.39. The molecular formula is C11H12FN. The summed E-state index contributed by atoms with van der Waals surface area (Å²) in [5.74, 6) is -0.127. The summed E-state index contributed by atoms with van der Waals surface area (Å²) in [6.45, 7) is 0.998. The molecule has 0 radical (unpaired) electrons. The van der Waals surface area contributed by atoms with Crippen LogP contribution in [0.15, 0.2) is 30.5 Å². The Morgan fingerprint density at radius 2 is 2.08 bits per heavy atom. The first-order valence-electron chi connectivity index (χ1n) is 4.55. The molecule has 0 saturated heterocycles. The predicted octanol–water partition coefficient (Wildman–Crippen LogP) is 2.55. The molecule has 0 unspecified atom stereocenters. The lowest BCUT2D eigenvalue weighted by atomic mass is 10.00. The molecule has 0 spiro atoms. The van der Waals surface area contributed by atoms with Crippen molar-refractivity contribution in [2.24, 2.45) is 0 Å². The van der Waals surface area contributed by atoms with E-state index in [4.69, 9.17) is 0 Å². The largest absolute Gasteiger partial charge is 0.391 e. The van der Waals surface area contributed by atoms with Gasteiger partial charge < -0.3 is 5.32 Å². The van der Waals surface area contributed by atoms with Gasteiger partial charge in [0.25, 0.3) is 0 Å². The van der Waals surface area contributed by atoms with Crippen LogP contribution in [-0.4, -0.2) is 6.54 Å². The number of halogens is 1. The van der Waals surface area contributed by atoms with Crippen LogP contribution in [0.3, 0.4) is 0 Å². The lowest BCUT2D eigenvalue weighted by molar-refractivity contribution is 0.620. The molecule has 1 aliphatic heterocycles. The van der Waals surface area contributed by atoms with Crippen LogP contribution >= 0.6 is 0 Å². The number of nitrogens with one attached hydrogen (secondary N) is 1. The highest BCUT2D eigenvalue weighted by Gasteiger charge is 2.08. The second kappa shape index (κ2) is 3.60. The van der Waals surface area contributed by atoms with Crippen LogP contribution in [0.5, 0.6) is 0 Å². The number of hydrogen-bond donors (Lipinski definition) is 1. The maximum atomic E-state index is 13.3. The van der Waals surface area contributed by atoms with E-state index in [0.29, 0.717) is 0 Å². The molecular weight excluding hydrogens is 165 g/mol. The third-order valence-corrected chi connectivity index (χ3v) is 2.26. The van der Waals surface area contributed by atoms with Crippen molar-refractivity contribution in [1.82, 2.24) is 5.32 Å². The minimum Gasteiger partial charge on any atom is -0.391 e. The van der Waals surface area contributed by atoms with Crippen LogP contribution < -0.4 is 5.32 Å². The Morgan fingerprint density at radius 1 is 1.23 bits per heavy atom. The second-order valence-electron chi connectivity index (χ2n) is 3.21. The standard InChI is InChI=1S/C11H12FN/c12-11-6-2-1-5-10(11)9-4-3-7-13-8-9/h1-2,5-6,8,13H,3-4,7H2. The molecule has 2 rings (SSSR count). The van der Waals surface area contributed by atoms with Gasteiger partial charge in [-0.15, -0.1) is 0 Å². The lowest BCUT2D eigenvalue weighted by Gasteiger charge is -2.14. The highest BCUT2D eigenvalue weighted by Crippen LogP contribution is 2.23. The lowest BCUT2D eigenvalue weighted by Crippen LogP contribution is -2.13. The predicted molar refractivity (Wildman–Crippen MR) is 51.6 cm³/mol. The molecule has 0 aromatic heterocycles. The molecule has 0 fully saturated rings. The minimum atomic E-state index is -0.127. The van der Waals surface area contributed by atoms with Crippen molar-refractivity contribution in [3.8, 4) is 0 Å². The van der Waals surface area contributed by atoms with Crippen LogP contribution in [0.2, 0.25) is 0 Å². The summed E-state index contributed by atoms with van der Waals surface area (Å²) in [4.78, 5) is 0. The van der Waals surface area contributed by atoms with E-state index in [-0.39, 0.29) is 5.82 Å². The minimum absolute atomic E-state index is 0.127. The van der Waals surface area contributed by atoms with Gasteiger partial charge in [0, 0.05) is 18.3 Å². The molecule has 2 heteroatoms. The average molecular weight is 177 g/mol. The summed E-state index contributed by atoms with van der Waals surface area (Å²) >= 11 is 0. The van der Waals surface area contributed by atoms with Crippen LogP contribution in [0.4, 0.5) is 4.39 Å². The van der Waals surface area contributed by atoms with Crippen LogP contribution in [0.25, 0.3) is 5.57 Å². The third-order valence-electron chi connectivity index (χ3n) is 2.26. The number of allylic oxidation sites excluding steroid dienone is 1. The van der Waals surface area contributed by atoms with E-state index in [2.05, 4.69) is 5.32 Å². The average Bonchev–Trinajstić information content (AvgIpc) is 2.20. The summed E-state index contributed by atoms with van der Waals surface area (Å²) in [6, 6.07) is 6.92. The van der Waals surface area contributed by atoms with Gasteiger partial charge in [-0.05, 0) is 24.5 Å². The molecule has 0 atom stereocenters. The fraction of sp³-hybridized carbons (Fsp3) is 0.273. The molecule has 0 aliphatic carbocycles. The maximum absolute atomic E-state index is 13.3. The van der Waals surface area contributed by atoms with Gasteiger partial charge in [0.1, 0.15) is 5.82 Å². The van der Waals surface area contributed by atoms with Crippen molar-refractivity contribution < 1.29 is 4.39 Å². The van der Waals surface area contributed by atoms with Gasteiger partial charge in [-0.1, -0.05) is 18.2 Å². The molecule has 68 valence electrons. The summed E-state index contributed by atoms with van der Waals surface area (Å²) in [6.07, 6.45) is 3.97. The Kier molecular flexibility index (Phi) is 2.30. The topological polar surface area (TPSA) is 12.0 Å². The van der Waals surface area contributed by atoms with Gasteiger partial charge in [-0.3, -0.25) is 0 Å². The van der Waals surface area contributed by atoms with Crippen molar-refractivity contribution in [1.29, 1.82) is 0 Å². The maximum Gasteiger partial charge on any atom is 0.130 e. The van der Waals surface area contributed by atoms with Crippen LogP contribution in [0.1, 0.15) is 18.4 Å². The molecule has 0 saturated carbocycles. The highest BCUT2D eigenvalue weighted by molar-refractivity contribution is 5.66. The second-order valence-corrected chi connectivity index (χ2v) is 3.21. The summed E-state index contributed by atoms with van der Waals surface area (Å²) in [5.41, 5.74) is 1.80. The van der Waals surface area contributed by atoms with E-state index in [0.717, 1.165) is 30.5 Å². The van der Waals surface area contributed by atoms with Gasteiger partial charge in [-0.25, -0.2) is 4.39 Å². The van der Waals surface area contributed by atoms with E-state index in [1.807, 2.05) is 18.3 Å². The van der Waals surface area contributed by atoms with Crippen molar-refractivity contribution in [2.45, 2.75) is 12.8 Å². The quantitative estimate of drug-likeness (QED) is 0.695. The molecule has 1 aromatic carbocycles. The van der Waals surface area contributed by atoms with Crippen LogP contribution in [-0.2, 0) is 0 Å². The van der Waals surface area contributed by atoms with Crippen LogP contribution in [0, 0.1) is 5.82 Å². The fourth-order valence-corrected chi connectivity index (χ4v) is 1.58. The van der Waals surface area contributed by atoms with E-state index in [1.165, 1.54) is 6.07 Å². The van der Waals surface area contributed by atoms with Gasteiger partial charge in [0.2, 0.25) is 0 Å². The molecule has 1 aromatic rings. The third kappa shape index (κ3) is 1.72. The Balaban J connectivity index is 2.34. The normalized spacial score (nSPS) is 16.2. The Morgan fingerprint density at radius 3 is 2.77 bits per heavy atom. The molecule has 1 N–H and O–H groups in total. The number of rotatable bonds is 1. The van der Waals surface area contributed by atoms with E-state index in [1.54, 1.807) is 6.07 Å². The summed E-state index contributed by atoms with van der Waals surface area (Å²) < 4.78 is 13.3. The van der Waals surface area contributed by atoms with Crippen molar-refractivity contribution in [3.63, 3.8) is 0 Å². The number of benzene rings is 1. The molecule has 1 aliphatic rings. The van der Waals surface area contributed by atoms with E-state index in [9.17, 15) is 4.39 Å². The first-order chi connectivity index (χ1) is 6.38. The smallest absolute Gasteiger partial charge is 0.130 e. The molecule has 1 heterocycles. The molecule has 0 bridgehead atoms. The molecule has 1 nitrogen and oxygen atoms in total. The van der Waals surface area contributed by atoms with Gasteiger partial charge in [0.05, 0.1) is 0 Å². The zero-order valence-electron chi connectivity index (χ0n) is 7.39. The van der Waals surface area contributed by atoms with Gasteiger partial charge in [-0.2, -0.15) is 0 Å². The van der Waals surface area contributed by atoms with E-state index < -0.39 is 0 Å². The van der Waals surface area contributed by atoms with Crippen molar-refractivity contribution in [3.05, 3.63) is 41.8 Å². The van der Waals surface area contributed by atoms with Gasteiger partial charge >= 0.3 is 0 Å². The number of hydrogen-bond acceptors (Lipinski definition) is 1. The summed E-state index contributed by atoms with van der Waals surface area (Å²) in [7, 11) is 0. The first kappa shape index (κ1) is 8.30. The molecule has 13 heavy (non-hydrogen) atoms. The Hall–Kier alpha value is -1.31. The highest BCUT2D eigenvalue weighted by atomic mass is 19.1. The molecule has 0 amide bonds. The Bertz CT molecular complexity index is 331. The fourth-order valence-electron chi connectivity index (χ4n) is 1.58. The SMILES string of the molecule is Fc1ccccc1C1=CNCCC1. The Labute approximate surface area is 77.3 Å². The van der Waals surface area contributed by atoms with Crippen molar-refractivity contribution >= 4 is 5.57 Å².